The fourth-order valence-electron chi connectivity index (χ4n) is 2.27. The van der Waals surface area contributed by atoms with Gasteiger partial charge in [-0.2, -0.15) is 0 Å². The normalized spacial score (nSPS) is 23.3. The lowest BCUT2D eigenvalue weighted by atomic mass is 10.0. The van der Waals surface area contributed by atoms with Crippen molar-refractivity contribution in [2.45, 2.75) is 25.3 Å². The molecule has 1 aromatic carbocycles. The highest BCUT2D eigenvalue weighted by Crippen LogP contribution is 2.26. The van der Waals surface area contributed by atoms with Crippen LogP contribution in [0.5, 0.6) is 0 Å². The number of carbonyl (C=O) groups is 2. The first-order valence-electron chi connectivity index (χ1n) is 5.77. The Hall–Kier alpha value is -1.84. The average molecular weight is 233 g/mol. The number of amides is 1. The van der Waals surface area contributed by atoms with Crippen molar-refractivity contribution in [3.8, 4) is 0 Å². The molecule has 1 aliphatic rings. The van der Waals surface area contributed by atoms with E-state index in [1.807, 2.05) is 6.07 Å². The standard InChI is InChI=1S/C13H15NO3/c15-12(9-5-2-1-3-6-9)14-11-8-4-7-10(11)13(16)17/h1-3,5-6,10-11H,4,7-8H2,(H,14,15)(H,16,17). The second-order valence-electron chi connectivity index (χ2n) is 4.32. The van der Waals surface area contributed by atoms with Crippen molar-refractivity contribution < 1.29 is 14.7 Å². The van der Waals surface area contributed by atoms with Gasteiger partial charge in [-0.25, -0.2) is 0 Å². The van der Waals surface area contributed by atoms with Gasteiger partial charge < -0.3 is 10.4 Å². The SMILES string of the molecule is O=C(NC1CCCC1C(=O)O)c1ccccc1. The fourth-order valence-corrected chi connectivity index (χ4v) is 2.27. The predicted molar refractivity (Wildman–Crippen MR) is 62.7 cm³/mol. The average Bonchev–Trinajstić information content (AvgIpc) is 2.78. The topological polar surface area (TPSA) is 66.4 Å². The third kappa shape index (κ3) is 2.64. The maximum Gasteiger partial charge on any atom is 0.308 e. The van der Waals surface area contributed by atoms with Gasteiger partial charge in [-0.15, -0.1) is 0 Å². The highest BCUT2D eigenvalue weighted by molar-refractivity contribution is 5.94. The molecule has 4 nitrogen and oxygen atoms in total. The molecule has 2 N–H and O–H groups in total. The molecule has 4 heteroatoms. The van der Waals surface area contributed by atoms with Crippen molar-refractivity contribution in [2.24, 2.45) is 5.92 Å². The van der Waals surface area contributed by atoms with E-state index in [0.717, 1.165) is 12.8 Å². The summed E-state index contributed by atoms with van der Waals surface area (Å²) in [5.41, 5.74) is 0.573. The van der Waals surface area contributed by atoms with E-state index in [-0.39, 0.29) is 11.9 Å². The Labute approximate surface area is 99.6 Å². The minimum Gasteiger partial charge on any atom is -0.481 e. The van der Waals surface area contributed by atoms with Gasteiger partial charge in [0.25, 0.3) is 5.91 Å². The van der Waals surface area contributed by atoms with Gasteiger partial charge in [-0.05, 0) is 25.0 Å². The van der Waals surface area contributed by atoms with E-state index in [2.05, 4.69) is 5.32 Å². The van der Waals surface area contributed by atoms with Crippen molar-refractivity contribution >= 4 is 11.9 Å². The van der Waals surface area contributed by atoms with Gasteiger partial charge in [0, 0.05) is 11.6 Å². The van der Waals surface area contributed by atoms with Crippen LogP contribution in [0.15, 0.2) is 30.3 Å². The quantitative estimate of drug-likeness (QED) is 0.834. The zero-order chi connectivity index (χ0) is 12.3. The van der Waals surface area contributed by atoms with Crippen LogP contribution in [0.1, 0.15) is 29.6 Å². The van der Waals surface area contributed by atoms with Crippen molar-refractivity contribution in [2.75, 3.05) is 0 Å². The molecule has 0 heterocycles. The second-order valence-corrected chi connectivity index (χ2v) is 4.32. The summed E-state index contributed by atoms with van der Waals surface area (Å²) in [4.78, 5) is 22.8. The number of carboxylic acids is 1. The Kier molecular flexibility index (Phi) is 3.42. The first-order chi connectivity index (χ1) is 8.18. The summed E-state index contributed by atoms with van der Waals surface area (Å²) in [7, 11) is 0. The Morgan fingerprint density at radius 1 is 1.18 bits per heavy atom. The summed E-state index contributed by atoms with van der Waals surface area (Å²) in [5.74, 6) is -1.45. The van der Waals surface area contributed by atoms with Crippen LogP contribution in [-0.4, -0.2) is 23.0 Å². The molecule has 1 fully saturated rings. The highest BCUT2D eigenvalue weighted by atomic mass is 16.4. The zero-order valence-corrected chi connectivity index (χ0v) is 9.43. The van der Waals surface area contributed by atoms with E-state index in [1.54, 1.807) is 24.3 Å². The van der Waals surface area contributed by atoms with E-state index in [9.17, 15) is 9.59 Å². The van der Waals surface area contributed by atoms with Crippen LogP contribution in [0.3, 0.4) is 0 Å². The molecular weight excluding hydrogens is 218 g/mol. The first-order valence-corrected chi connectivity index (χ1v) is 5.77. The number of nitrogens with one attached hydrogen (secondary N) is 1. The highest BCUT2D eigenvalue weighted by Gasteiger charge is 2.33. The molecule has 2 rings (SSSR count). The second kappa shape index (κ2) is 4.99. The summed E-state index contributed by atoms with van der Waals surface area (Å²) in [6.07, 6.45) is 2.25. The van der Waals surface area contributed by atoms with Crippen LogP contribution in [0.25, 0.3) is 0 Å². The van der Waals surface area contributed by atoms with E-state index in [0.29, 0.717) is 12.0 Å². The molecule has 0 aromatic heterocycles. The molecule has 17 heavy (non-hydrogen) atoms. The molecule has 2 unspecified atom stereocenters. The molecule has 1 aliphatic carbocycles. The number of rotatable bonds is 3. The summed E-state index contributed by atoms with van der Waals surface area (Å²) < 4.78 is 0. The van der Waals surface area contributed by atoms with Crippen LogP contribution in [0.2, 0.25) is 0 Å². The number of hydrogen-bond acceptors (Lipinski definition) is 2. The van der Waals surface area contributed by atoms with Crippen molar-refractivity contribution in [3.63, 3.8) is 0 Å². The number of benzene rings is 1. The third-order valence-electron chi connectivity index (χ3n) is 3.19. The Morgan fingerprint density at radius 2 is 1.88 bits per heavy atom. The van der Waals surface area contributed by atoms with E-state index < -0.39 is 11.9 Å². The Balaban J connectivity index is 2.02. The van der Waals surface area contributed by atoms with Gasteiger partial charge in [-0.1, -0.05) is 24.6 Å². The molecule has 0 saturated heterocycles. The Bertz CT molecular complexity index is 416. The number of aliphatic carboxylic acids is 1. The lowest BCUT2D eigenvalue weighted by molar-refractivity contribution is -0.142. The van der Waals surface area contributed by atoms with Gasteiger partial charge in [0.15, 0.2) is 0 Å². The summed E-state index contributed by atoms with van der Waals surface area (Å²) >= 11 is 0. The molecule has 1 saturated carbocycles. The Morgan fingerprint density at radius 3 is 2.53 bits per heavy atom. The summed E-state index contributed by atoms with van der Waals surface area (Å²) in [5, 5.41) is 11.8. The molecule has 1 aromatic rings. The van der Waals surface area contributed by atoms with Gasteiger partial charge in [0.05, 0.1) is 5.92 Å². The van der Waals surface area contributed by atoms with Gasteiger partial charge in [0.1, 0.15) is 0 Å². The van der Waals surface area contributed by atoms with E-state index >= 15 is 0 Å². The molecule has 0 aliphatic heterocycles. The molecule has 2 atom stereocenters. The van der Waals surface area contributed by atoms with Crippen molar-refractivity contribution in [3.05, 3.63) is 35.9 Å². The van der Waals surface area contributed by atoms with E-state index in [1.165, 1.54) is 0 Å². The monoisotopic (exact) mass is 233 g/mol. The van der Waals surface area contributed by atoms with Crippen LogP contribution in [-0.2, 0) is 4.79 Å². The summed E-state index contributed by atoms with van der Waals surface area (Å²) in [6, 6.07) is 8.63. The predicted octanol–water partition coefficient (Wildman–Crippen LogP) is 1.67. The molecular formula is C13H15NO3. The molecule has 90 valence electrons. The molecule has 1 amide bonds. The number of carboxylic acid groups (broad SMARTS) is 1. The third-order valence-corrected chi connectivity index (χ3v) is 3.19. The summed E-state index contributed by atoms with van der Waals surface area (Å²) in [6.45, 7) is 0. The maximum absolute atomic E-state index is 11.9. The first kappa shape index (κ1) is 11.6. The molecule has 0 spiro atoms. The lowest BCUT2D eigenvalue weighted by Gasteiger charge is -2.17. The molecule has 0 radical (unpaired) electrons. The molecule has 0 bridgehead atoms. The lowest BCUT2D eigenvalue weighted by Crippen LogP contribution is -2.40. The van der Waals surface area contributed by atoms with Gasteiger partial charge in [-0.3, -0.25) is 9.59 Å². The van der Waals surface area contributed by atoms with Crippen molar-refractivity contribution in [1.29, 1.82) is 0 Å². The minimum atomic E-state index is -0.819. The van der Waals surface area contributed by atoms with Crippen molar-refractivity contribution in [1.82, 2.24) is 5.32 Å². The zero-order valence-electron chi connectivity index (χ0n) is 9.43. The van der Waals surface area contributed by atoms with Crippen LogP contribution in [0.4, 0.5) is 0 Å². The minimum absolute atomic E-state index is 0.191. The van der Waals surface area contributed by atoms with Crippen LogP contribution >= 0.6 is 0 Å². The van der Waals surface area contributed by atoms with Crippen LogP contribution in [0, 0.1) is 5.92 Å². The maximum atomic E-state index is 11.9. The largest absolute Gasteiger partial charge is 0.481 e. The fraction of sp³-hybridized carbons (Fsp3) is 0.385. The van der Waals surface area contributed by atoms with E-state index in [4.69, 9.17) is 5.11 Å². The van der Waals surface area contributed by atoms with Crippen LogP contribution < -0.4 is 5.32 Å². The number of carbonyl (C=O) groups excluding carboxylic acids is 1. The smallest absolute Gasteiger partial charge is 0.308 e. The number of hydrogen-bond donors (Lipinski definition) is 2. The van der Waals surface area contributed by atoms with Gasteiger partial charge >= 0.3 is 5.97 Å². The van der Waals surface area contributed by atoms with Gasteiger partial charge in [0.2, 0.25) is 0 Å².